The molecule has 2 aliphatic carbocycles. The Labute approximate surface area is 177 Å². The molecule has 30 heavy (non-hydrogen) atoms. The van der Waals surface area contributed by atoms with Crippen molar-refractivity contribution in [2.45, 2.75) is 37.8 Å². The summed E-state index contributed by atoms with van der Waals surface area (Å²) in [6.07, 6.45) is 4.30. The maximum atomic E-state index is 13.2. The number of carbonyl (C=O) groups excluding carboxylic acids is 1. The highest BCUT2D eigenvalue weighted by atomic mass is 19.1. The molecule has 2 aliphatic heterocycles. The number of halogens is 1. The average molecular weight is 419 g/mol. The number of nitrogens with zero attached hydrogens (tertiary/aromatic N) is 1. The van der Waals surface area contributed by atoms with Gasteiger partial charge in [0.2, 0.25) is 0 Å². The highest BCUT2D eigenvalue weighted by Gasteiger charge is 2.43. The van der Waals surface area contributed by atoms with E-state index in [0.29, 0.717) is 54.6 Å². The topological polar surface area (TPSA) is 60.0 Å². The molecular weight excluding hydrogens is 387 g/mol. The molecule has 6 nitrogen and oxygen atoms in total. The SMILES string of the molecule is O=C(N[C@H]1C[C@H]2CN(CCF)C[C@H]2C[C@@H]1OCC1CC1)c1cccc2c1OCCO2. The first-order valence-corrected chi connectivity index (χ1v) is 11.3. The van der Waals surface area contributed by atoms with Gasteiger partial charge in [-0.25, -0.2) is 4.39 Å². The number of hydrogen-bond acceptors (Lipinski definition) is 5. The van der Waals surface area contributed by atoms with Gasteiger partial charge in [0.1, 0.15) is 19.9 Å². The summed E-state index contributed by atoms with van der Waals surface area (Å²) in [6.45, 7) is 3.77. The molecule has 3 fully saturated rings. The van der Waals surface area contributed by atoms with Gasteiger partial charge < -0.3 is 24.4 Å². The first-order chi connectivity index (χ1) is 14.7. The van der Waals surface area contributed by atoms with E-state index in [-0.39, 0.29) is 24.7 Å². The van der Waals surface area contributed by atoms with Crippen LogP contribution in [0.5, 0.6) is 11.5 Å². The summed E-state index contributed by atoms with van der Waals surface area (Å²) in [7, 11) is 0. The highest BCUT2D eigenvalue weighted by molar-refractivity contribution is 5.98. The average Bonchev–Trinajstić information content (AvgIpc) is 3.51. The number of rotatable bonds is 7. The molecule has 7 heteroatoms. The monoisotopic (exact) mass is 418 g/mol. The molecule has 1 N–H and O–H groups in total. The molecular formula is C23H31FN2O4. The Bertz CT molecular complexity index is 772. The number of carbonyl (C=O) groups is 1. The Balaban J connectivity index is 1.30. The Morgan fingerprint density at radius 3 is 2.77 bits per heavy atom. The Morgan fingerprint density at radius 1 is 1.17 bits per heavy atom. The third kappa shape index (κ3) is 4.28. The summed E-state index contributed by atoms with van der Waals surface area (Å²) in [5.74, 6) is 2.69. The van der Waals surface area contributed by atoms with Gasteiger partial charge in [0.25, 0.3) is 5.91 Å². The van der Waals surface area contributed by atoms with Crippen molar-refractivity contribution in [1.29, 1.82) is 0 Å². The summed E-state index contributed by atoms with van der Waals surface area (Å²) in [5, 5.41) is 3.25. The summed E-state index contributed by atoms with van der Waals surface area (Å²) in [5.41, 5.74) is 0.515. The number of hydrogen-bond donors (Lipinski definition) is 1. The maximum absolute atomic E-state index is 13.2. The van der Waals surface area contributed by atoms with Gasteiger partial charge in [-0.3, -0.25) is 4.79 Å². The largest absolute Gasteiger partial charge is 0.486 e. The number of ether oxygens (including phenoxy) is 3. The minimum atomic E-state index is -0.303. The smallest absolute Gasteiger partial charge is 0.255 e. The molecule has 2 heterocycles. The molecule has 5 rings (SSSR count). The second kappa shape index (κ2) is 8.71. The quantitative estimate of drug-likeness (QED) is 0.738. The molecule has 1 aromatic carbocycles. The zero-order valence-corrected chi connectivity index (χ0v) is 17.4. The number of para-hydroxylation sites is 1. The second-order valence-corrected chi connectivity index (χ2v) is 9.16. The van der Waals surface area contributed by atoms with E-state index in [1.807, 2.05) is 12.1 Å². The van der Waals surface area contributed by atoms with Crippen molar-refractivity contribution >= 4 is 5.91 Å². The fraction of sp³-hybridized carbons (Fsp3) is 0.696. The lowest BCUT2D eigenvalue weighted by atomic mass is 9.77. The van der Waals surface area contributed by atoms with Crippen molar-refractivity contribution < 1.29 is 23.4 Å². The minimum absolute atomic E-state index is 0.0119. The first kappa shape index (κ1) is 20.1. The van der Waals surface area contributed by atoms with Crippen LogP contribution in [0.1, 0.15) is 36.0 Å². The summed E-state index contributed by atoms with van der Waals surface area (Å²) in [4.78, 5) is 15.4. The highest BCUT2D eigenvalue weighted by Crippen LogP contribution is 2.39. The second-order valence-electron chi connectivity index (χ2n) is 9.16. The van der Waals surface area contributed by atoms with Crippen LogP contribution >= 0.6 is 0 Å². The molecule has 0 aromatic heterocycles. The van der Waals surface area contributed by atoms with Crippen LogP contribution in [0, 0.1) is 17.8 Å². The van der Waals surface area contributed by atoms with Crippen LogP contribution in [-0.2, 0) is 4.74 Å². The number of alkyl halides is 1. The number of benzene rings is 1. The zero-order chi connectivity index (χ0) is 20.5. The van der Waals surface area contributed by atoms with Crippen LogP contribution in [0.3, 0.4) is 0 Å². The lowest BCUT2D eigenvalue weighted by molar-refractivity contribution is -0.0212. The van der Waals surface area contributed by atoms with E-state index in [1.54, 1.807) is 6.07 Å². The van der Waals surface area contributed by atoms with Gasteiger partial charge in [0.05, 0.1) is 17.7 Å². The lowest BCUT2D eigenvalue weighted by Crippen LogP contribution is -2.50. The standard InChI is InChI=1S/C23H31FN2O4/c24-6-7-26-12-16-10-19(21(11-17(16)13-26)30-14-15-4-5-15)25-23(27)18-2-1-3-20-22(18)29-9-8-28-20/h1-3,15-17,19,21H,4-14H2,(H,25,27)/t16-,17+,19-,21-/m0/s1. The van der Waals surface area contributed by atoms with Gasteiger partial charge in [-0.05, 0) is 55.6 Å². The Kier molecular flexibility index (Phi) is 5.83. The van der Waals surface area contributed by atoms with Crippen LogP contribution in [0.4, 0.5) is 4.39 Å². The van der Waals surface area contributed by atoms with Gasteiger partial charge in [-0.1, -0.05) is 6.07 Å². The molecule has 1 saturated heterocycles. The summed E-state index contributed by atoms with van der Waals surface area (Å²) >= 11 is 0. The number of likely N-dealkylation sites (tertiary alicyclic amines) is 1. The molecule has 1 amide bonds. The van der Waals surface area contributed by atoms with E-state index in [2.05, 4.69) is 10.2 Å². The van der Waals surface area contributed by atoms with E-state index in [1.165, 1.54) is 12.8 Å². The minimum Gasteiger partial charge on any atom is -0.486 e. The van der Waals surface area contributed by atoms with Crippen molar-refractivity contribution in [3.8, 4) is 11.5 Å². The summed E-state index contributed by atoms with van der Waals surface area (Å²) in [6, 6.07) is 5.40. The predicted molar refractivity (Wildman–Crippen MR) is 110 cm³/mol. The fourth-order valence-electron chi connectivity index (χ4n) is 5.19. The number of amides is 1. The maximum Gasteiger partial charge on any atom is 0.255 e. The van der Waals surface area contributed by atoms with Gasteiger partial charge in [0, 0.05) is 26.2 Å². The third-order valence-corrected chi connectivity index (χ3v) is 6.96. The Morgan fingerprint density at radius 2 is 1.97 bits per heavy atom. The lowest BCUT2D eigenvalue weighted by Gasteiger charge is -2.38. The third-order valence-electron chi connectivity index (χ3n) is 6.96. The van der Waals surface area contributed by atoms with E-state index in [0.717, 1.165) is 32.5 Å². The van der Waals surface area contributed by atoms with Crippen LogP contribution in [0.15, 0.2) is 18.2 Å². The van der Waals surface area contributed by atoms with Crippen LogP contribution in [-0.4, -0.2) is 69.1 Å². The fourth-order valence-corrected chi connectivity index (χ4v) is 5.19. The molecule has 0 unspecified atom stereocenters. The van der Waals surface area contributed by atoms with Crippen LogP contribution in [0.25, 0.3) is 0 Å². The van der Waals surface area contributed by atoms with Crippen LogP contribution in [0.2, 0.25) is 0 Å². The molecule has 1 aromatic rings. The Hall–Kier alpha value is -1.86. The van der Waals surface area contributed by atoms with Gasteiger partial charge in [-0.2, -0.15) is 0 Å². The first-order valence-electron chi connectivity index (χ1n) is 11.3. The van der Waals surface area contributed by atoms with E-state index in [9.17, 15) is 9.18 Å². The number of fused-ring (bicyclic) bond motifs is 2. The normalized spacial score (nSPS) is 30.7. The number of nitrogens with one attached hydrogen (secondary N) is 1. The van der Waals surface area contributed by atoms with Gasteiger partial charge in [0.15, 0.2) is 11.5 Å². The van der Waals surface area contributed by atoms with Crippen molar-refractivity contribution in [2.24, 2.45) is 17.8 Å². The van der Waals surface area contributed by atoms with E-state index >= 15 is 0 Å². The molecule has 0 spiro atoms. The molecule has 4 atom stereocenters. The van der Waals surface area contributed by atoms with E-state index < -0.39 is 0 Å². The molecule has 0 bridgehead atoms. The molecule has 2 saturated carbocycles. The van der Waals surface area contributed by atoms with Crippen molar-refractivity contribution in [3.63, 3.8) is 0 Å². The van der Waals surface area contributed by atoms with Gasteiger partial charge >= 0.3 is 0 Å². The molecule has 164 valence electrons. The van der Waals surface area contributed by atoms with Gasteiger partial charge in [-0.15, -0.1) is 0 Å². The zero-order valence-electron chi connectivity index (χ0n) is 17.4. The molecule has 0 radical (unpaired) electrons. The predicted octanol–water partition coefficient (Wildman–Crippen LogP) is 2.66. The summed E-state index contributed by atoms with van der Waals surface area (Å²) < 4.78 is 30.5. The van der Waals surface area contributed by atoms with Crippen LogP contribution < -0.4 is 14.8 Å². The molecule has 4 aliphatic rings. The van der Waals surface area contributed by atoms with Crippen molar-refractivity contribution in [3.05, 3.63) is 23.8 Å². The van der Waals surface area contributed by atoms with Crippen molar-refractivity contribution in [2.75, 3.05) is 46.1 Å². The van der Waals surface area contributed by atoms with E-state index in [4.69, 9.17) is 14.2 Å². The van der Waals surface area contributed by atoms with Crippen molar-refractivity contribution in [1.82, 2.24) is 10.2 Å².